The van der Waals surface area contributed by atoms with E-state index in [2.05, 4.69) is 30.9 Å². The van der Waals surface area contributed by atoms with E-state index < -0.39 is 17.7 Å². The van der Waals surface area contributed by atoms with Gasteiger partial charge in [-0.25, -0.2) is 28.5 Å². The summed E-state index contributed by atoms with van der Waals surface area (Å²) in [5.41, 5.74) is 0.923. The number of anilines is 3. The third-order valence-corrected chi connectivity index (χ3v) is 5.68. The maximum atomic E-state index is 13.2. The first-order valence-electron chi connectivity index (χ1n) is 8.48. The Morgan fingerprint density at radius 2 is 1.90 bits per heavy atom. The zero-order valence-corrected chi connectivity index (χ0v) is 16.4. The fraction of sp³-hybridized carbons (Fsp3) is 0.111. The number of thiazole rings is 1. The number of hydrogen-bond donors (Lipinski definition) is 3. The molecule has 1 aromatic carbocycles. The van der Waals surface area contributed by atoms with Crippen LogP contribution in [0.25, 0.3) is 10.2 Å². The second kappa shape index (κ2) is 8.45. The molecule has 0 unspecified atom stereocenters. The molecule has 0 fully saturated rings. The summed E-state index contributed by atoms with van der Waals surface area (Å²) in [6.45, 7) is 0.639. The van der Waals surface area contributed by atoms with E-state index >= 15 is 0 Å². The number of carbonyl (C=O) groups is 1. The molecule has 4 aromatic rings. The van der Waals surface area contributed by atoms with Crippen molar-refractivity contribution in [2.24, 2.45) is 0 Å². The highest BCUT2D eigenvalue weighted by molar-refractivity contribution is 7.17. The van der Waals surface area contributed by atoms with E-state index in [9.17, 15) is 13.6 Å². The number of urea groups is 1. The van der Waals surface area contributed by atoms with Crippen molar-refractivity contribution in [3.63, 3.8) is 0 Å². The maximum Gasteiger partial charge on any atom is 0.325 e. The van der Waals surface area contributed by atoms with E-state index in [1.165, 1.54) is 17.7 Å². The van der Waals surface area contributed by atoms with Gasteiger partial charge >= 0.3 is 6.03 Å². The lowest BCUT2D eigenvalue weighted by Gasteiger charge is -2.06. The van der Waals surface area contributed by atoms with Gasteiger partial charge in [0.2, 0.25) is 0 Å². The lowest BCUT2D eigenvalue weighted by atomic mass is 10.3. The highest BCUT2D eigenvalue weighted by Gasteiger charge is 2.09. The predicted octanol–water partition coefficient (Wildman–Crippen LogP) is 4.72. The van der Waals surface area contributed by atoms with Crippen molar-refractivity contribution in [3.05, 3.63) is 58.7 Å². The van der Waals surface area contributed by atoms with Crippen LogP contribution in [-0.4, -0.2) is 27.5 Å². The van der Waals surface area contributed by atoms with E-state index in [0.29, 0.717) is 18.1 Å². The molecule has 0 spiro atoms. The van der Waals surface area contributed by atoms with Gasteiger partial charge in [0, 0.05) is 35.8 Å². The number of carbonyl (C=O) groups excluding carboxylic acids is 1. The number of halogens is 2. The van der Waals surface area contributed by atoms with E-state index in [1.807, 2.05) is 11.4 Å². The zero-order chi connectivity index (χ0) is 20.2. The van der Waals surface area contributed by atoms with Gasteiger partial charge < -0.3 is 10.6 Å². The van der Waals surface area contributed by atoms with Crippen LogP contribution in [0.2, 0.25) is 0 Å². The summed E-state index contributed by atoms with van der Waals surface area (Å²) < 4.78 is 27.4. The number of nitrogens with zero attached hydrogens (tertiary/aromatic N) is 3. The smallest absolute Gasteiger partial charge is 0.325 e. The minimum Gasteiger partial charge on any atom is -0.368 e. The van der Waals surface area contributed by atoms with Crippen LogP contribution >= 0.6 is 22.7 Å². The lowest BCUT2D eigenvalue weighted by molar-refractivity contribution is 0.262. The first-order valence-corrected chi connectivity index (χ1v) is 10.2. The second-order valence-electron chi connectivity index (χ2n) is 5.90. The Balaban J connectivity index is 1.30. The van der Waals surface area contributed by atoms with Gasteiger partial charge in [-0.2, -0.15) is 0 Å². The zero-order valence-electron chi connectivity index (χ0n) is 14.8. The van der Waals surface area contributed by atoms with E-state index in [-0.39, 0.29) is 5.69 Å². The average Bonchev–Trinajstić information content (AvgIpc) is 3.30. The fourth-order valence-electron chi connectivity index (χ4n) is 2.59. The molecule has 3 aromatic heterocycles. The quantitative estimate of drug-likeness (QED) is 0.410. The Morgan fingerprint density at radius 3 is 2.72 bits per heavy atom. The molecule has 3 heterocycles. The molecule has 29 heavy (non-hydrogen) atoms. The molecule has 0 atom stereocenters. The summed E-state index contributed by atoms with van der Waals surface area (Å²) in [4.78, 5) is 25.6. The highest BCUT2D eigenvalue weighted by Crippen LogP contribution is 2.25. The molecule has 11 heteroatoms. The fourth-order valence-corrected chi connectivity index (χ4v) is 4.20. The van der Waals surface area contributed by atoms with Gasteiger partial charge in [0.25, 0.3) is 0 Å². The first kappa shape index (κ1) is 19.2. The van der Waals surface area contributed by atoms with Gasteiger partial charge in [0.1, 0.15) is 23.8 Å². The topological polar surface area (TPSA) is 91.8 Å². The van der Waals surface area contributed by atoms with Crippen LogP contribution in [0.5, 0.6) is 0 Å². The lowest BCUT2D eigenvalue weighted by Crippen LogP contribution is -2.19. The van der Waals surface area contributed by atoms with Crippen molar-refractivity contribution >= 4 is 55.6 Å². The van der Waals surface area contributed by atoms with Crippen LogP contribution < -0.4 is 16.0 Å². The number of aromatic nitrogens is 3. The van der Waals surface area contributed by atoms with Crippen LogP contribution in [0.4, 0.5) is 30.2 Å². The molecule has 0 saturated heterocycles. The summed E-state index contributed by atoms with van der Waals surface area (Å²) >= 11 is 2.89. The number of amides is 2. The molecule has 4 rings (SSSR count). The molecule has 0 radical (unpaired) electrons. The molecule has 3 N–H and O–H groups in total. The summed E-state index contributed by atoms with van der Waals surface area (Å²) in [6, 6.07) is 4.10. The number of nitrogens with one attached hydrogen (secondary N) is 3. The minimum absolute atomic E-state index is 0.0192. The summed E-state index contributed by atoms with van der Waals surface area (Å²) in [5.74, 6) is -0.754. The third kappa shape index (κ3) is 4.81. The molecule has 0 saturated carbocycles. The summed E-state index contributed by atoms with van der Waals surface area (Å²) in [6.07, 6.45) is 3.88. The number of benzene rings is 1. The molecule has 0 aliphatic carbocycles. The van der Waals surface area contributed by atoms with Crippen molar-refractivity contribution in [3.8, 4) is 0 Å². The Hall–Kier alpha value is -3.18. The molecule has 0 aliphatic heterocycles. The predicted molar refractivity (Wildman–Crippen MR) is 111 cm³/mol. The molecule has 2 amide bonds. The Bertz CT molecular complexity index is 1140. The molecular weight excluding hydrogens is 418 g/mol. The Kier molecular flexibility index (Phi) is 5.58. The van der Waals surface area contributed by atoms with Crippen molar-refractivity contribution in [1.29, 1.82) is 0 Å². The molecule has 148 valence electrons. The van der Waals surface area contributed by atoms with Crippen LogP contribution in [0, 0.1) is 11.6 Å². The van der Waals surface area contributed by atoms with Gasteiger partial charge in [-0.1, -0.05) is 0 Å². The van der Waals surface area contributed by atoms with Crippen molar-refractivity contribution in [2.75, 3.05) is 22.5 Å². The van der Waals surface area contributed by atoms with Crippen molar-refractivity contribution < 1.29 is 13.6 Å². The SMILES string of the molecule is O=C(Nc1cc(F)cc(F)c1)Nc1ncc(CCNc2ncnc3ccsc23)s1. The highest BCUT2D eigenvalue weighted by atomic mass is 32.1. The maximum absolute atomic E-state index is 13.2. The molecular formula is C18H14F2N6OS2. The van der Waals surface area contributed by atoms with Crippen molar-refractivity contribution in [2.45, 2.75) is 6.42 Å². The van der Waals surface area contributed by atoms with Crippen LogP contribution in [0.15, 0.2) is 42.2 Å². The summed E-state index contributed by atoms with van der Waals surface area (Å²) in [7, 11) is 0. The van der Waals surface area contributed by atoms with Gasteiger partial charge in [0.15, 0.2) is 5.13 Å². The normalized spacial score (nSPS) is 10.8. The molecule has 0 bridgehead atoms. The molecule has 0 aliphatic rings. The monoisotopic (exact) mass is 432 g/mol. The largest absolute Gasteiger partial charge is 0.368 e. The number of thiophene rings is 1. The van der Waals surface area contributed by atoms with E-state index in [4.69, 9.17) is 0 Å². The van der Waals surface area contributed by atoms with Gasteiger partial charge in [-0.05, 0) is 23.6 Å². The standard InChI is InChI=1S/C18H14F2N6OS2/c19-10-5-11(20)7-12(6-10)25-17(27)26-18-22-8-13(29-18)1-3-21-16-15-14(2-4-28-15)23-9-24-16/h2,4-9H,1,3H2,(H,21,23,24)(H2,22,25,26,27). The Labute approximate surface area is 171 Å². The van der Waals surface area contributed by atoms with E-state index in [0.717, 1.165) is 39.1 Å². The minimum atomic E-state index is -0.771. The average molecular weight is 432 g/mol. The van der Waals surface area contributed by atoms with Gasteiger partial charge in [0.05, 0.1) is 10.2 Å². The van der Waals surface area contributed by atoms with Crippen molar-refractivity contribution in [1.82, 2.24) is 15.0 Å². The van der Waals surface area contributed by atoms with Gasteiger partial charge in [-0.3, -0.25) is 5.32 Å². The van der Waals surface area contributed by atoms with Gasteiger partial charge in [-0.15, -0.1) is 22.7 Å². The van der Waals surface area contributed by atoms with E-state index in [1.54, 1.807) is 17.5 Å². The number of rotatable bonds is 6. The molecule has 7 nitrogen and oxygen atoms in total. The van der Waals surface area contributed by atoms with Crippen LogP contribution in [-0.2, 0) is 6.42 Å². The summed E-state index contributed by atoms with van der Waals surface area (Å²) in [5, 5.41) is 10.6. The number of fused-ring (bicyclic) bond motifs is 1. The Morgan fingerprint density at radius 1 is 1.07 bits per heavy atom. The van der Waals surface area contributed by atoms with Crippen LogP contribution in [0.1, 0.15) is 4.88 Å². The third-order valence-electron chi connectivity index (χ3n) is 3.80. The number of hydrogen-bond acceptors (Lipinski definition) is 7. The first-order chi connectivity index (χ1) is 14.1. The van der Waals surface area contributed by atoms with Crippen LogP contribution in [0.3, 0.4) is 0 Å². The second-order valence-corrected chi connectivity index (χ2v) is 7.93.